The lowest BCUT2D eigenvalue weighted by atomic mass is 9.79. The molecule has 6 heterocycles. The molecule has 4 aromatic carbocycles. The molecular formula is C52H66N8O10. The van der Waals surface area contributed by atoms with Crippen LogP contribution in [0.2, 0.25) is 0 Å². The Morgan fingerprint density at radius 3 is 0.943 bits per heavy atom. The molecule has 6 aliphatic rings. The van der Waals surface area contributed by atoms with Crippen molar-refractivity contribution in [3.05, 3.63) is 118 Å². The van der Waals surface area contributed by atoms with Gasteiger partial charge in [-0.1, -0.05) is 60.7 Å². The van der Waals surface area contributed by atoms with E-state index in [0.29, 0.717) is 128 Å². The van der Waals surface area contributed by atoms with Crippen molar-refractivity contribution in [2.45, 2.75) is 37.5 Å². The first-order chi connectivity index (χ1) is 34.5. The van der Waals surface area contributed by atoms with Gasteiger partial charge >= 0.3 is 12.1 Å². The van der Waals surface area contributed by atoms with E-state index < -0.39 is 11.3 Å². The summed E-state index contributed by atoms with van der Waals surface area (Å²) in [5.41, 5.74) is 13.7. The van der Waals surface area contributed by atoms with Crippen LogP contribution in [0.1, 0.15) is 33.4 Å². The summed E-state index contributed by atoms with van der Waals surface area (Å²) in [5.74, 6) is 2.32. The SMILES string of the molecule is NCCN1CCOCCOc2ccc3c4c2CN2C(=O)N5Cc6c(ccc(c6CN6C(=O)N(C4)C2(c2ccccc2)C56c2ccccc2)OCCOCCN(CCN)CCOCCO3)OCCOCC1. The van der Waals surface area contributed by atoms with E-state index in [4.69, 9.17) is 49.4 Å². The molecule has 8 bridgehead atoms. The van der Waals surface area contributed by atoms with Crippen LogP contribution in [0.3, 0.4) is 0 Å². The van der Waals surface area contributed by atoms with Crippen LogP contribution >= 0.6 is 0 Å². The maximum Gasteiger partial charge on any atom is 0.325 e. The number of hydrogen-bond acceptors (Lipinski definition) is 14. The molecule has 0 aliphatic carbocycles. The van der Waals surface area contributed by atoms with Crippen LogP contribution in [0.15, 0.2) is 84.9 Å². The first-order valence-electron chi connectivity index (χ1n) is 24.8. The van der Waals surface area contributed by atoms with Gasteiger partial charge in [-0.25, -0.2) is 9.59 Å². The molecule has 4 amide bonds. The quantitative estimate of drug-likeness (QED) is 0.286. The third-order valence-electron chi connectivity index (χ3n) is 14.3. The summed E-state index contributed by atoms with van der Waals surface area (Å²) in [6.45, 7) is 9.84. The lowest BCUT2D eigenvalue weighted by Gasteiger charge is -2.49. The monoisotopic (exact) mass is 962 g/mol. The smallest absolute Gasteiger partial charge is 0.325 e. The normalized spacial score (nSPS) is 24.3. The molecule has 0 aromatic heterocycles. The second kappa shape index (κ2) is 21.7. The highest BCUT2D eigenvalue weighted by molar-refractivity contribution is 5.91. The Labute approximate surface area is 409 Å². The minimum absolute atomic E-state index is 0.0946. The Balaban J connectivity index is 1.16. The molecule has 0 atom stereocenters. The highest BCUT2D eigenvalue weighted by Crippen LogP contribution is 2.66. The third-order valence-corrected chi connectivity index (χ3v) is 14.3. The number of rotatable bonds is 6. The van der Waals surface area contributed by atoms with Crippen LogP contribution in [0.25, 0.3) is 0 Å². The van der Waals surface area contributed by atoms with Gasteiger partial charge in [-0.3, -0.25) is 29.4 Å². The van der Waals surface area contributed by atoms with Crippen LogP contribution in [-0.4, -0.2) is 173 Å². The molecule has 70 heavy (non-hydrogen) atoms. The van der Waals surface area contributed by atoms with E-state index >= 15 is 9.59 Å². The summed E-state index contributed by atoms with van der Waals surface area (Å²) >= 11 is 0. The van der Waals surface area contributed by atoms with Gasteiger partial charge < -0.3 is 49.4 Å². The van der Waals surface area contributed by atoms with E-state index in [0.717, 1.165) is 33.4 Å². The van der Waals surface area contributed by atoms with Crippen molar-refractivity contribution in [1.82, 2.24) is 29.4 Å². The van der Waals surface area contributed by atoms with Gasteiger partial charge in [-0.2, -0.15) is 0 Å². The fraction of sp³-hybridized carbons (Fsp3) is 0.500. The molecule has 6 aliphatic heterocycles. The van der Waals surface area contributed by atoms with Crippen molar-refractivity contribution in [2.24, 2.45) is 11.5 Å². The Hall–Kier alpha value is -5.70. The second-order valence-electron chi connectivity index (χ2n) is 18.1. The van der Waals surface area contributed by atoms with Crippen molar-refractivity contribution < 1.29 is 47.5 Å². The number of hydrogen-bond donors (Lipinski definition) is 2. The number of nitrogens with two attached hydrogens (primary N) is 2. The molecule has 0 radical (unpaired) electrons. The molecule has 0 spiro atoms. The Morgan fingerprint density at radius 2 is 0.671 bits per heavy atom. The predicted octanol–water partition coefficient (Wildman–Crippen LogP) is 3.73. The number of ether oxygens (including phenoxy) is 8. The highest BCUT2D eigenvalue weighted by Gasteiger charge is 2.81. The van der Waals surface area contributed by atoms with Gasteiger partial charge in [0.05, 0.1) is 79.0 Å². The predicted molar refractivity (Wildman–Crippen MR) is 258 cm³/mol. The maximum atomic E-state index is 16.3. The number of nitrogens with zero attached hydrogens (tertiary/aromatic N) is 6. The minimum Gasteiger partial charge on any atom is -0.491 e. The van der Waals surface area contributed by atoms with Crippen LogP contribution in [-0.2, 0) is 56.5 Å². The number of amides is 4. The van der Waals surface area contributed by atoms with E-state index in [1.807, 2.05) is 105 Å². The molecule has 18 nitrogen and oxygen atoms in total. The van der Waals surface area contributed by atoms with Crippen molar-refractivity contribution in [1.29, 1.82) is 0 Å². The minimum atomic E-state index is -1.43. The zero-order valence-corrected chi connectivity index (χ0v) is 40.0. The average Bonchev–Trinajstić information content (AvgIpc) is 3.52. The van der Waals surface area contributed by atoms with Crippen molar-refractivity contribution in [2.75, 3.05) is 132 Å². The van der Waals surface area contributed by atoms with Gasteiger partial charge in [0.1, 0.15) is 49.4 Å². The molecule has 4 aromatic rings. The fourth-order valence-corrected chi connectivity index (χ4v) is 11.2. The number of carbonyl (C=O) groups excluding carboxylic acids is 2. The van der Waals surface area contributed by atoms with Crippen molar-refractivity contribution in [3.8, 4) is 23.0 Å². The summed E-state index contributed by atoms with van der Waals surface area (Å²) in [4.78, 5) is 44.5. The molecule has 0 unspecified atom stereocenters. The Kier molecular flexibility index (Phi) is 14.9. The largest absolute Gasteiger partial charge is 0.491 e. The number of benzene rings is 4. The van der Waals surface area contributed by atoms with Crippen LogP contribution in [0.5, 0.6) is 23.0 Å². The van der Waals surface area contributed by atoms with Crippen molar-refractivity contribution >= 4 is 12.1 Å². The van der Waals surface area contributed by atoms with Crippen LogP contribution in [0, 0.1) is 0 Å². The highest BCUT2D eigenvalue weighted by atomic mass is 16.5. The van der Waals surface area contributed by atoms with Gasteiger partial charge in [-0.15, -0.1) is 0 Å². The zero-order valence-electron chi connectivity index (χ0n) is 40.0. The van der Waals surface area contributed by atoms with E-state index in [-0.39, 0.29) is 64.7 Å². The number of carbonyl (C=O) groups is 2. The molecular weight excluding hydrogens is 897 g/mol. The van der Waals surface area contributed by atoms with Crippen molar-refractivity contribution in [3.63, 3.8) is 0 Å². The van der Waals surface area contributed by atoms with E-state index in [2.05, 4.69) is 9.80 Å². The molecule has 0 saturated carbocycles. The van der Waals surface area contributed by atoms with E-state index in [1.165, 1.54) is 0 Å². The molecule has 10 rings (SSSR count). The van der Waals surface area contributed by atoms with Crippen LogP contribution in [0.4, 0.5) is 9.59 Å². The molecule has 374 valence electrons. The van der Waals surface area contributed by atoms with Crippen LogP contribution < -0.4 is 30.4 Å². The molecule has 2 fully saturated rings. The summed E-state index contributed by atoms with van der Waals surface area (Å²) < 4.78 is 51.1. The third kappa shape index (κ3) is 8.78. The first-order valence-corrected chi connectivity index (χ1v) is 24.8. The van der Waals surface area contributed by atoms with Gasteiger partial charge in [-0.05, 0) is 24.3 Å². The second-order valence-corrected chi connectivity index (χ2v) is 18.1. The zero-order chi connectivity index (χ0) is 47.9. The number of urea groups is 2. The van der Waals surface area contributed by atoms with Gasteiger partial charge in [0, 0.05) is 85.7 Å². The standard InChI is InChI=1S/C52H66N8O10/c53-15-17-55-19-23-63-27-31-67-45-11-12-46-42-36-58-50(62)60-38-44-43(37-59-49(61)57(35-41(42)45)51(58,39-7-3-1-4-8-39)52(59,60)40-9-5-2-6-10-40)47(69-33-29-65-25-21-55)13-14-48(44)70-34-30-66-26-22-56(18-16-54)20-24-64-28-32-68-46/h1-14H,15-38,53-54H2. The van der Waals surface area contributed by atoms with Gasteiger partial charge in [0.25, 0.3) is 0 Å². The van der Waals surface area contributed by atoms with E-state index in [1.54, 1.807) is 0 Å². The summed E-state index contributed by atoms with van der Waals surface area (Å²) in [6.07, 6.45) is 0. The molecule has 2 saturated heterocycles. The lowest BCUT2D eigenvalue weighted by molar-refractivity contribution is -0.0796. The topological polar surface area (TPSA) is 179 Å². The lowest BCUT2D eigenvalue weighted by Crippen LogP contribution is -2.62. The summed E-state index contributed by atoms with van der Waals surface area (Å²) in [6, 6.07) is 27.0. The van der Waals surface area contributed by atoms with E-state index in [9.17, 15) is 0 Å². The Morgan fingerprint density at radius 1 is 0.386 bits per heavy atom. The maximum absolute atomic E-state index is 16.3. The fourth-order valence-electron chi connectivity index (χ4n) is 11.2. The summed E-state index contributed by atoms with van der Waals surface area (Å²) in [5, 5.41) is 0. The molecule has 18 heteroatoms. The van der Waals surface area contributed by atoms with Gasteiger partial charge in [0.15, 0.2) is 11.3 Å². The average molecular weight is 963 g/mol. The first kappa shape index (κ1) is 48.0. The molecule has 4 N–H and O–H groups in total. The Bertz CT molecular complexity index is 2160. The van der Waals surface area contributed by atoms with Gasteiger partial charge in [0.2, 0.25) is 0 Å². The summed E-state index contributed by atoms with van der Waals surface area (Å²) in [7, 11) is 0.